The summed E-state index contributed by atoms with van der Waals surface area (Å²) in [5.41, 5.74) is 0.415. The van der Waals surface area contributed by atoms with Crippen molar-refractivity contribution in [3.8, 4) is 0 Å². The van der Waals surface area contributed by atoms with Gasteiger partial charge in [0.25, 0.3) is 0 Å². The highest BCUT2D eigenvalue weighted by atomic mass is 16.5. The lowest BCUT2D eigenvalue weighted by molar-refractivity contribution is 0.191. The Balaban J connectivity index is 3.50. The molecule has 2 heteroatoms. The molecular formula is C12H27NO. The van der Waals surface area contributed by atoms with Crippen molar-refractivity contribution in [2.45, 2.75) is 40.5 Å². The van der Waals surface area contributed by atoms with Crippen LogP contribution in [0.15, 0.2) is 0 Å². The summed E-state index contributed by atoms with van der Waals surface area (Å²) in [5.74, 6) is 0.813. The molecule has 0 atom stereocenters. The molecular weight excluding hydrogens is 174 g/mol. The van der Waals surface area contributed by atoms with Gasteiger partial charge in [-0.15, -0.1) is 0 Å². The standard InChI is InChI=1S/C12H27NO/c1-11(2)6-7-12(3,4)10-13-8-9-14-5/h11,13H,6-10H2,1-5H3. The van der Waals surface area contributed by atoms with E-state index in [0.717, 1.165) is 25.6 Å². The fourth-order valence-corrected chi connectivity index (χ4v) is 1.37. The highest BCUT2D eigenvalue weighted by Crippen LogP contribution is 2.23. The van der Waals surface area contributed by atoms with Gasteiger partial charge in [-0.2, -0.15) is 0 Å². The molecule has 0 saturated heterocycles. The van der Waals surface area contributed by atoms with Gasteiger partial charge >= 0.3 is 0 Å². The van der Waals surface area contributed by atoms with Crippen molar-refractivity contribution in [3.05, 3.63) is 0 Å². The maximum Gasteiger partial charge on any atom is 0.0587 e. The molecule has 0 aliphatic rings. The molecule has 0 aromatic carbocycles. The summed E-state index contributed by atoms with van der Waals surface area (Å²) >= 11 is 0. The third-order valence-corrected chi connectivity index (χ3v) is 2.48. The molecule has 0 saturated carbocycles. The summed E-state index contributed by atoms with van der Waals surface area (Å²) in [5, 5.41) is 3.43. The summed E-state index contributed by atoms with van der Waals surface area (Å²) < 4.78 is 4.99. The van der Waals surface area contributed by atoms with Gasteiger partial charge in [0.05, 0.1) is 6.61 Å². The third-order valence-electron chi connectivity index (χ3n) is 2.48. The van der Waals surface area contributed by atoms with E-state index in [0.29, 0.717) is 5.41 Å². The minimum Gasteiger partial charge on any atom is -0.383 e. The van der Waals surface area contributed by atoms with E-state index in [4.69, 9.17) is 4.74 Å². The Hall–Kier alpha value is -0.0800. The number of methoxy groups -OCH3 is 1. The van der Waals surface area contributed by atoms with E-state index in [2.05, 4.69) is 33.0 Å². The van der Waals surface area contributed by atoms with E-state index in [9.17, 15) is 0 Å². The van der Waals surface area contributed by atoms with Crippen LogP contribution in [0, 0.1) is 11.3 Å². The summed E-state index contributed by atoms with van der Waals surface area (Å²) in [6.45, 7) is 12.1. The van der Waals surface area contributed by atoms with Gasteiger partial charge < -0.3 is 10.1 Å². The zero-order chi connectivity index (χ0) is 11.0. The number of nitrogens with one attached hydrogen (secondary N) is 1. The molecule has 0 spiro atoms. The molecule has 0 radical (unpaired) electrons. The first-order valence-corrected chi connectivity index (χ1v) is 5.67. The summed E-state index contributed by atoms with van der Waals surface area (Å²) in [4.78, 5) is 0. The molecule has 14 heavy (non-hydrogen) atoms. The SMILES string of the molecule is COCCNCC(C)(C)CCC(C)C. The molecule has 0 rings (SSSR count). The van der Waals surface area contributed by atoms with Gasteiger partial charge in [0.1, 0.15) is 0 Å². The normalized spacial score (nSPS) is 12.4. The van der Waals surface area contributed by atoms with Crippen LogP contribution in [0.3, 0.4) is 0 Å². The number of hydrogen-bond acceptors (Lipinski definition) is 2. The van der Waals surface area contributed by atoms with Crippen LogP contribution in [0.2, 0.25) is 0 Å². The summed E-state index contributed by atoms with van der Waals surface area (Å²) in [6, 6.07) is 0. The van der Waals surface area contributed by atoms with Gasteiger partial charge in [-0.05, 0) is 17.8 Å². The molecule has 0 amide bonds. The van der Waals surface area contributed by atoms with Crippen molar-refractivity contribution in [2.75, 3.05) is 26.8 Å². The molecule has 0 heterocycles. The van der Waals surface area contributed by atoms with E-state index in [1.54, 1.807) is 7.11 Å². The van der Waals surface area contributed by atoms with Gasteiger partial charge in [-0.25, -0.2) is 0 Å². The van der Waals surface area contributed by atoms with Crippen LogP contribution < -0.4 is 5.32 Å². The molecule has 0 unspecified atom stereocenters. The van der Waals surface area contributed by atoms with E-state index in [1.165, 1.54) is 12.8 Å². The largest absolute Gasteiger partial charge is 0.383 e. The van der Waals surface area contributed by atoms with Gasteiger partial charge in [-0.1, -0.05) is 34.1 Å². The van der Waals surface area contributed by atoms with Crippen molar-refractivity contribution >= 4 is 0 Å². The zero-order valence-corrected chi connectivity index (χ0v) is 10.5. The molecule has 0 fully saturated rings. The molecule has 0 aromatic heterocycles. The van der Waals surface area contributed by atoms with Crippen molar-refractivity contribution in [1.29, 1.82) is 0 Å². The Bertz CT molecular complexity index is 132. The predicted octanol–water partition coefficient (Wildman–Crippen LogP) is 2.68. The fraction of sp³-hybridized carbons (Fsp3) is 1.00. The molecule has 0 bridgehead atoms. The smallest absolute Gasteiger partial charge is 0.0587 e. The first-order valence-electron chi connectivity index (χ1n) is 5.67. The van der Waals surface area contributed by atoms with Crippen LogP contribution in [-0.4, -0.2) is 26.8 Å². The molecule has 0 aromatic rings. The van der Waals surface area contributed by atoms with Gasteiger partial charge in [0.2, 0.25) is 0 Å². The Morgan fingerprint density at radius 3 is 2.43 bits per heavy atom. The van der Waals surface area contributed by atoms with Gasteiger partial charge in [0.15, 0.2) is 0 Å². The van der Waals surface area contributed by atoms with Crippen LogP contribution in [0.1, 0.15) is 40.5 Å². The van der Waals surface area contributed by atoms with Crippen molar-refractivity contribution in [2.24, 2.45) is 11.3 Å². The maximum atomic E-state index is 4.99. The molecule has 0 aliphatic carbocycles. The Morgan fingerprint density at radius 2 is 1.93 bits per heavy atom. The lowest BCUT2D eigenvalue weighted by atomic mass is 9.85. The van der Waals surface area contributed by atoms with Crippen molar-refractivity contribution in [1.82, 2.24) is 5.32 Å². The van der Waals surface area contributed by atoms with Crippen LogP contribution in [0.25, 0.3) is 0 Å². The second kappa shape index (κ2) is 7.24. The van der Waals surface area contributed by atoms with Crippen LogP contribution in [-0.2, 0) is 4.74 Å². The van der Waals surface area contributed by atoms with Gasteiger partial charge in [0, 0.05) is 20.2 Å². The van der Waals surface area contributed by atoms with Crippen molar-refractivity contribution in [3.63, 3.8) is 0 Å². The lowest BCUT2D eigenvalue weighted by Crippen LogP contribution is -2.31. The molecule has 2 nitrogen and oxygen atoms in total. The number of rotatable bonds is 8. The number of hydrogen-bond donors (Lipinski definition) is 1. The monoisotopic (exact) mass is 201 g/mol. The zero-order valence-electron chi connectivity index (χ0n) is 10.5. The topological polar surface area (TPSA) is 21.3 Å². The molecule has 86 valence electrons. The third kappa shape index (κ3) is 8.52. The van der Waals surface area contributed by atoms with Crippen LogP contribution in [0.5, 0.6) is 0 Å². The first kappa shape index (κ1) is 13.9. The van der Waals surface area contributed by atoms with Crippen molar-refractivity contribution < 1.29 is 4.74 Å². The van der Waals surface area contributed by atoms with Crippen LogP contribution >= 0.6 is 0 Å². The second-order valence-corrected chi connectivity index (χ2v) is 5.27. The highest BCUT2D eigenvalue weighted by Gasteiger charge is 2.17. The minimum absolute atomic E-state index is 0.415. The van der Waals surface area contributed by atoms with E-state index in [1.807, 2.05) is 0 Å². The summed E-state index contributed by atoms with van der Waals surface area (Å²) in [6.07, 6.45) is 2.61. The quantitative estimate of drug-likeness (QED) is 0.610. The van der Waals surface area contributed by atoms with Gasteiger partial charge in [-0.3, -0.25) is 0 Å². The highest BCUT2D eigenvalue weighted by molar-refractivity contribution is 4.72. The summed E-state index contributed by atoms with van der Waals surface area (Å²) in [7, 11) is 1.74. The Morgan fingerprint density at radius 1 is 1.29 bits per heavy atom. The van der Waals surface area contributed by atoms with E-state index >= 15 is 0 Å². The number of ether oxygens (including phenoxy) is 1. The average Bonchev–Trinajstić information content (AvgIpc) is 2.10. The average molecular weight is 201 g/mol. The van der Waals surface area contributed by atoms with E-state index < -0.39 is 0 Å². The molecule has 1 N–H and O–H groups in total. The maximum absolute atomic E-state index is 4.99. The fourth-order valence-electron chi connectivity index (χ4n) is 1.37. The lowest BCUT2D eigenvalue weighted by Gasteiger charge is -2.26. The Kier molecular flexibility index (Phi) is 7.20. The predicted molar refractivity (Wildman–Crippen MR) is 62.6 cm³/mol. The van der Waals surface area contributed by atoms with E-state index in [-0.39, 0.29) is 0 Å². The molecule has 0 aliphatic heterocycles. The Labute approximate surface area is 89.4 Å². The second-order valence-electron chi connectivity index (χ2n) is 5.27. The first-order chi connectivity index (χ1) is 6.48. The minimum atomic E-state index is 0.415. The van der Waals surface area contributed by atoms with Crippen LogP contribution in [0.4, 0.5) is 0 Å².